The van der Waals surface area contributed by atoms with Gasteiger partial charge in [0.15, 0.2) is 18.8 Å². The number of rotatable bonds is 6. The van der Waals surface area contributed by atoms with Crippen LogP contribution in [0.5, 0.6) is 11.5 Å². The minimum atomic E-state index is -1.01. The first-order valence-corrected chi connectivity index (χ1v) is 10.1. The Balaban J connectivity index is 1.63. The maximum absolute atomic E-state index is 12.8. The molecule has 2 amide bonds. The number of carbonyl (C=O) groups is 3. The first-order chi connectivity index (χ1) is 14.8. The Kier molecular flexibility index (Phi) is 7.25. The van der Waals surface area contributed by atoms with E-state index in [0.29, 0.717) is 16.5 Å². The third-order valence-electron chi connectivity index (χ3n) is 4.48. The lowest BCUT2D eigenvalue weighted by atomic mass is 10.1. The number of esters is 1. The van der Waals surface area contributed by atoms with Gasteiger partial charge in [0.1, 0.15) is 11.5 Å². The van der Waals surface area contributed by atoms with E-state index in [1.54, 1.807) is 30.3 Å². The maximum atomic E-state index is 12.8. The highest BCUT2D eigenvalue weighted by Gasteiger charge is 2.34. The van der Waals surface area contributed by atoms with Crippen molar-refractivity contribution in [2.24, 2.45) is 0 Å². The van der Waals surface area contributed by atoms with Crippen LogP contribution in [0.15, 0.2) is 42.5 Å². The van der Waals surface area contributed by atoms with Crippen LogP contribution in [0.25, 0.3) is 0 Å². The molecular weight excluding hydrogens is 447 g/mol. The summed E-state index contributed by atoms with van der Waals surface area (Å²) in [4.78, 5) is 38.5. The Labute approximate surface area is 189 Å². The van der Waals surface area contributed by atoms with Crippen LogP contribution >= 0.6 is 23.2 Å². The molecule has 2 atom stereocenters. The molecule has 0 fully saturated rings. The highest BCUT2D eigenvalue weighted by molar-refractivity contribution is 6.35. The average molecular weight is 467 g/mol. The molecule has 2 aromatic carbocycles. The van der Waals surface area contributed by atoms with Crippen LogP contribution in [-0.2, 0) is 19.1 Å². The number of anilines is 1. The van der Waals surface area contributed by atoms with E-state index in [4.69, 9.17) is 37.4 Å². The third-order valence-corrected chi connectivity index (χ3v) is 5.01. The molecule has 0 spiro atoms. The second-order valence-electron chi connectivity index (χ2n) is 6.64. The number of benzene rings is 2. The number of ether oxygens (including phenoxy) is 3. The minimum Gasteiger partial charge on any atom is -0.477 e. The molecule has 2 unspecified atom stereocenters. The molecule has 1 heterocycles. The smallest absolute Gasteiger partial charge is 0.347 e. The Morgan fingerprint density at radius 3 is 2.68 bits per heavy atom. The van der Waals surface area contributed by atoms with Gasteiger partial charge in [-0.1, -0.05) is 35.3 Å². The van der Waals surface area contributed by atoms with E-state index in [-0.39, 0.29) is 23.2 Å². The summed E-state index contributed by atoms with van der Waals surface area (Å²) in [6.45, 7) is 0.929. The standard InChI is InChI=1S/C21H20Cl2N2O6/c1-12(30-16-8-7-13(22)9-14(16)23)21(28)29-11-19(26)25-10-18(20(27)24-2)31-17-6-4-3-5-15(17)25/h3-9,12,18H,10-11H2,1-2H3,(H,24,27). The molecular formula is C21H20Cl2N2O6. The van der Waals surface area contributed by atoms with Crippen molar-refractivity contribution < 1.29 is 28.6 Å². The number of hydrogen-bond acceptors (Lipinski definition) is 6. The van der Waals surface area contributed by atoms with Crippen LogP contribution in [0.2, 0.25) is 10.0 Å². The van der Waals surface area contributed by atoms with E-state index in [1.807, 2.05) is 0 Å². The quantitative estimate of drug-likeness (QED) is 0.657. The number of halogens is 2. The van der Waals surface area contributed by atoms with Crippen LogP contribution in [0.1, 0.15) is 6.92 Å². The molecule has 1 aliphatic rings. The molecule has 0 radical (unpaired) electrons. The molecule has 0 bridgehead atoms. The first kappa shape index (κ1) is 22.7. The van der Waals surface area contributed by atoms with Crippen LogP contribution in [-0.4, -0.2) is 50.2 Å². The van der Waals surface area contributed by atoms with Crippen LogP contribution in [0, 0.1) is 0 Å². The Bertz CT molecular complexity index is 1000. The van der Waals surface area contributed by atoms with E-state index in [2.05, 4.69) is 5.32 Å². The number of likely N-dealkylation sites (N-methyl/N-ethyl adjacent to an activating group) is 1. The Hall–Kier alpha value is -2.97. The second kappa shape index (κ2) is 9.89. The second-order valence-corrected chi connectivity index (χ2v) is 7.48. The number of nitrogens with zero attached hydrogens (tertiary/aromatic N) is 1. The number of carbonyl (C=O) groups excluding carboxylic acids is 3. The van der Waals surface area contributed by atoms with Crippen molar-refractivity contribution in [1.82, 2.24) is 5.32 Å². The van der Waals surface area contributed by atoms with Crippen molar-refractivity contribution in [2.75, 3.05) is 25.1 Å². The first-order valence-electron chi connectivity index (χ1n) is 9.36. The maximum Gasteiger partial charge on any atom is 0.347 e. The molecule has 31 heavy (non-hydrogen) atoms. The van der Waals surface area contributed by atoms with E-state index >= 15 is 0 Å². The van der Waals surface area contributed by atoms with Crippen molar-refractivity contribution in [1.29, 1.82) is 0 Å². The number of para-hydroxylation sites is 2. The topological polar surface area (TPSA) is 94.2 Å². The SMILES string of the molecule is CNC(=O)C1CN(C(=O)COC(=O)C(C)Oc2ccc(Cl)cc2Cl)c2ccccc2O1. The summed E-state index contributed by atoms with van der Waals surface area (Å²) >= 11 is 11.9. The lowest BCUT2D eigenvalue weighted by Gasteiger charge is -2.33. The fourth-order valence-electron chi connectivity index (χ4n) is 2.91. The lowest BCUT2D eigenvalue weighted by Crippen LogP contribution is -2.51. The van der Waals surface area contributed by atoms with Gasteiger partial charge in [0, 0.05) is 12.1 Å². The molecule has 3 rings (SSSR count). The summed E-state index contributed by atoms with van der Waals surface area (Å²) in [6.07, 6.45) is -1.89. The van der Waals surface area contributed by atoms with Gasteiger partial charge < -0.3 is 24.4 Å². The van der Waals surface area contributed by atoms with E-state index < -0.39 is 30.7 Å². The summed E-state index contributed by atoms with van der Waals surface area (Å²) in [6, 6.07) is 11.4. The number of hydrogen-bond donors (Lipinski definition) is 1. The summed E-state index contributed by atoms with van der Waals surface area (Å²) in [7, 11) is 1.48. The van der Waals surface area contributed by atoms with Crippen LogP contribution < -0.4 is 19.7 Å². The van der Waals surface area contributed by atoms with E-state index in [1.165, 1.54) is 31.0 Å². The summed E-state index contributed by atoms with van der Waals surface area (Å²) in [5.41, 5.74) is 0.487. The monoisotopic (exact) mass is 466 g/mol. The van der Waals surface area contributed by atoms with Gasteiger partial charge in [-0.25, -0.2) is 4.79 Å². The fourth-order valence-corrected chi connectivity index (χ4v) is 3.36. The van der Waals surface area contributed by atoms with Gasteiger partial charge in [-0.05, 0) is 37.3 Å². The molecule has 1 N–H and O–H groups in total. The van der Waals surface area contributed by atoms with E-state index in [9.17, 15) is 14.4 Å². The third kappa shape index (κ3) is 5.39. The van der Waals surface area contributed by atoms with Crippen molar-refractivity contribution in [2.45, 2.75) is 19.1 Å². The molecule has 1 aliphatic heterocycles. The van der Waals surface area contributed by atoms with Gasteiger partial charge >= 0.3 is 5.97 Å². The van der Waals surface area contributed by atoms with Crippen LogP contribution in [0.3, 0.4) is 0 Å². The van der Waals surface area contributed by atoms with Gasteiger partial charge in [-0.2, -0.15) is 0 Å². The molecule has 2 aromatic rings. The molecule has 10 heteroatoms. The molecule has 0 saturated heterocycles. The van der Waals surface area contributed by atoms with Gasteiger partial charge in [-0.15, -0.1) is 0 Å². The molecule has 8 nitrogen and oxygen atoms in total. The number of nitrogens with one attached hydrogen (secondary N) is 1. The highest BCUT2D eigenvalue weighted by Crippen LogP contribution is 2.33. The van der Waals surface area contributed by atoms with Crippen molar-refractivity contribution in [3.8, 4) is 11.5 Å². The number of fused-ring (bicyclic) bond motifs is 1. The molecule has 0 aromatic heterocycles. The van der Waals surface area contributed by atoms with Crippen LogP contribution in [0.4, 0.5) is 5.69 Å². The minimum absolute atomic E-state index is 0.0144. The van der Waals surface area contributed by atoms with Gasteiger partial charge in [0.25, 0.3) is 11.8 Å². The van der Waals surface area contributed by atoms with Crippen molar-refractivity contribution in [3.63, 3.8) is 0 Å². The largest absolute Gasteiger partial charge is 0.477 e. The summed E-state index contributed by atoms with van der Waals surface area (Å²) in [5.74, 6) is -0.974. The number of amides is 2. The summed E-state index contributed by atoms with van der Waals surface area (Å²) < 4.78 is 16.3. The summed E-state index contributed by atoms with van der Waals surface area (Å²) in [5, 5.41) is 3.17. The van der Waals surface area contributed by atoms with Gasteiger partial charge in [0.05, 0.1) is 17.3 Å². The normalized spacial score (nSPS) is 15.9. The average Bonchev–Trinajstić information content (AvgIpc) is 2.77. The molecule has 0 saturated carbocycles. The van der Waals surface area contributed by atoms with Gasteiger partial charge in [0.2, 0.25) is 0 Å². The zero-order chi connectivity index (χ0) is 22.5. The highest BCUT2D eigenvalue weighted by atomic mass is 35.5. The molecule has 164 valence electrons. The van der Waals surface area contributed by atoms with Gasteiger partial charge in [-0.3, -0.25) is 9.59 Å². The predicted octanol–water partition coefficient (Wildman–Crippen LogP) is 2.84. The lowest BCUT2D eigenvalue weighted by molar-refractivity contribution is -0.154. The fraction of sp³-hybridized carbons (Fsp3) is 0.286. The Morgan fingerprint density at radius 2 is 1.97 bits per heavy atom. The molecule has 0 aliphatic carbocycles. The zero-order valence-corrected chi connectivity index (χ0v) is 18.3. The van der Waals surface area contributed by atoms with Crippen molar-refractivity contribution in [3.05, 3.63) is 52.5 Å². The predicted molar refractivity (Wildman–Crippen MR) is 115 cm³/mol. The van der Waals surface area contributed by atoms with E-state index in [0.717, 1.165) is 0 Å². The van der Waals surface area contributed by atoms with Crippen molar-refractivity contribution >= 4 is 46.7 Å². The zero-order valence-electron chi connectivity index (χ0n) is 16.8. The Morgan fingerprint density at radius 1 is 1.23 bits per heavy atom.